The van der Waals surface area contributed by atoms with E-state index < -0.39 is 0 Å². The Labute approximate surface area is 131 Å². The third-order valence-electron chi connectivity index (χ3n) is 2.98. The molecular formula is C16H20ClN3O. The van der Waals surface area contributed by atoms with E-state index in [1.807, 2.05) is 62.6 Å². The molecule has 0 heterocycles. The first-order valence-electron chi connectivity index (χ1n) is 6.37. The van der Waals surface area contributed by atoms with E-state index in [1.54, 1.807) is 12.0 Å². The second kappa shape index (κ2) is 7.55. The van der Waals surface area contributed by atoms with Crippen LogP contribution in [0.2, 0.25) is 0 Å². The van der Waals surface area contributed by atoms with Crippen molar-refractivity contribution in [3.8, 4) is 16.9 Å². The van der Waals surface area contributed by atoms with E-state index in [9.17, 15) is 0 Å². The lowest BCUT2D eigenvalue weighted by molar-refractivity contribution is 0.415. The van der Waals surface area contributed by atoms with Gasteiger partial charge in [-0.15, -0.1) is 12.4 Å². The standard InChI is InChI=1S/C16H19N3O.ClH/c1-19(2)16(17)18-15-10-9-13(20-3)11-14(15)12-7-5-4-6-8-12;/h4-11H,1-3H3,(H2,17,18);1H. The number of ether oxygens (including phenoxy) is 1. The van der Waals surface area contributed by atoms with Gasteiger partial charge in [-0.25, -0.2) is 4.99 Å². The van der Waals surface area contributed by atoms with Crippen molar-refractivity contribution in [1.82, 2.24) is 4.90 Å². The Morgan fingerprint density at radius 3 is 2.33 bits per heavy atom. The molecule has 2 N–H and O–H groups in total. The molecule has 0 amide bonds. The van der Waals surface area contributed by atoms with Crippen LogP contribution < -0.4 is 10.5 Å². The van der Waals surface area contributed by atoms with Gasteiger partial charge in [-0.2, -0.15) is 0 Å². The number of nitrogens with two attached hydrogens (primary N) is 1. The van der Waals surface area contributed by atoms with Gasteiger partial charge in [-0.3, -0.25) is 0 Å². The Bertz CT molecular complexity index is 612. The van der Waals surface area contributed by atoms with Gasteiger partial charge in [0.05, 0.1) is 12.8 Å². The summed E-state index contributed by atoms with van der Waals surface area (Å²) in [5.74, 6) is 1.26. The van der Waals surface area contributed by atoms with Gasteiger partial charge in [-0.1, -0.05) is 30.3 Å². The summed E-state index contributed by atoms with van der Waals surface area (Å²) in [6.45, 7) is 0. The molecule has 2 rings (SSSR count). The lowest BCUT2D eigenvalue weighted by atomic mass is 10.0. The van der Waals surface area contributed by atoms with Crippen LogP contribution in [0.1, 0.15) is 0 Å². The Balaban J connectivity index is 0.00000220. The smallest absolute Gasteiger partial charge is 0.195 e. The molecule has 0 aliphatic rings. The number of aliphatic imine (C=N–C) groups is 1. The highest BCUT2D eigenvalue weighted by molar-refractivity contribution is 5.86. The Hall–Kier alpha value is -2.20. The molecule has 112 valence electrons. The maximum absolute atomic E-state index is 5.91. The summed E-state index contributed by atoms with van der Waals surface area (Å²) in [6, 6.07) is 15.8. The van der Waals surface area contributed by atoms with Crippen LogP contribution in [0.5, 0.6) is 5.75 Å². The van der Waals surface area contributed by atoms with Gasteiger partial charge < -0.3 is 15.4 Å². The Morgan fingerprint density at radius 1 is 1.10 bits per heavy atom. The molecule has 0 fully saturated rings. The molecule has 21 heavy (non-hydrogen) atoms. The molecule has 2 aromatic rings. The largest absolute Gasteiger partial charge is 0.497 e. The topological polar surface area (TPSA) is 50.9 Å². The van der Waals surface area contributed by atoms with Crippen LogP contribution in [-0.4, -0.2) is 32.1 Å². The van der Waals surface area contributed by atoms with Crippen LogP contribution in [0.15, 0.2) is 53.5 Å². The Morgan fingerprint density at radius 2 is 1.76 bits per heavy atom. The number of rotatable bonds is 3. The number of hydrogen-bond donors (Lipinski definition) is 1. The summed E-state index contributed by atoms with van der Waals surface area (Å²) in [5.41, 5.74) is 8.81. The number of halogens is 1. The first kappa shape index (κ1) is 16.9. The van der Waals surface area contributed by atoms with E-state index in [-0.39, 0.29) is 12.4 Å². The van der Waals surface area contributed by atoms with Crippen molar-refractivity contribution in [2.75, 3.05) is 21.2 Å². The van der Waals surface area contributed by atoms with Gasteiger partial charge >= 0.3 is 0 Å². The lowest BCUT2D eigenvalue weighted by Crippen LogP contribution is -2.29. The number of hydrogen-bond acceptors (Lipinski definition) is 2. The highest BCUT2D eigenvalue weighted by atomic mass is 35.5. The quantitative estimate of drug-likeness (QED) is 0.699. The molecule has 0 saturated heterocycles. The Kier molecular flexibility index (Phi) is 6.06. The minimum Gasteiger partial charge on any atom is -0.497 e. The van der Waals surface area contributed by atoms with Crippen molar-refractivity contribution in [2.45, 2.75) is 0 Å². The summed E-state index contributed by atoms with van der Waals surface area (Å²) in [7, 11) is 5.39. The molecule has 0 spiro atoms. The van der Waals surface area contributed by atoms with Gasteiger partial charge in [0, 0.05) is 19.7 Å². The molecule has 0 atom stereocenters. The zero-order valence-electron chi connectivity index (χ0n) is 12.4. The molecule has 2 aromatic carbocycles. The first-order chi connectivity index (χ1) is 9.61. The predicted molar refractivity (Wildman–Crippen MR) is 90.6 cm³/mol. The van der Waals surface area contributed by atoms with Crippen LogP contribution in [0.3, 0.4) is 0 Å². The van der Waals surface area contributed by atoms with Crippen molar-refractivity contribution in [3.63, 3.8) is 0 Å². The van der Waals surface area contributed by atoms with Gasteiger partial charge in [0.25, 0.3) is 0 Å². The number of guanidine groups is 1. The van der Waals surface area contributed by atoms with E-state index in [0.29, 0.717) is 5.96 Å². The highest BCUT2D eigenvalue weighted by Crippen LogP contribution is 2.33. The third kappa shape index (κ3) is 4.13. The van der Waals surface area contributed by atoms with Crippen LogP contribution in [0, 0.1) is 0 Å². The summed E-state index contributed by atoms with van der Waals surface area (Å²) in [5, 5.41) is 0. The van der Waals surface area contributed by atoms with Crippen LogP contribution in [-0.2, 0) is 0 Å². The van der Waals surface area contributed by atoms with Crippen molar-refractivity contribution in [2.24, 2.45) is 10.7 Å². The fraction of sp³-hybridized carbons (Fsp3) is 0.188. The fourth-order valence-corrected chi connectivity index (χ4v) is 1.81. The monoisotopic (exact) mass is 305 g/mol. The fourth-order valence-electron chi connectivity index (χ4n) is 1.81. The van der Waals surface area contributed by atoms with Gasteiger partial charge in [0.1, 0.15) is 5.75 Å². The van der Waals surface area contributed by atoms with E-state index in [0.717, 1.165) is 22.6 Å². The molecule has 0 bridgehead atoms. The predicted octanol–water partition coefficient (Wildman–Crippen LogP) is 3.29. The van der Waals surface area contributed by atoms with Gasteiger partial charge in [-0.05, 0) is 23.8 Å². The number of methoxy groups -OCH3 is 1. The molecule has 4 nitrogen and oxygen atoms in total. The molecule has 0 radical (unpaired) electrons. The molecule has 0 aromatic heterocycles. The first-order valence-corrected chi connectivity index (χ1v) is 6.37. The molecule has 0 aliphatic heterocycles. The zero-order chi connectivity index (χ0) is 14.5. The normalized spacial score (nSPS) is 10.7. The molecular weight excluding hydrogens is 286 g/mol. The van der Waals surface area contributed by atoms with Crippen LogP contribution >= 0.6 is 12.4 Å². The van der Waals surface area contributed by atoms with E-state index in [1.165, 1.54) is 0 Å². The molecule has 0 unspecified atom stereocenters. The van der Waals surface area contributed by atoms with Gasteiger partial charge in [0.2, 0.25) is 0 Å². The maximum atomic E-state index is 5.91. The summed E-state index contributed by atoms with van der Waals surface area (Å²) in [6.07, 6.45) is 0. The number of nitrogens with zero attached hydrogens (tertiary/aromatic N) is 2. The molecule has 0 saturated carbocycles. The zero-order valence-corrected chi connectivity index (χ0v) is 13.2. The second-order valence-corrected chi connectivity index (χ2v) is 4.61. The minimum absolute atomic E-state index is 0. The summed E-state index contributed by atoms with van der Waals surface area (Å²) < 4.78 is 5.29. The SMILES string of the molecule is COc1ccc(N=C(N)N(C)C)c(-c2ccccc2)c1.Cl. The van der Waals surface area contributed by atoms with E-state index in [4.69, 9.17) is 10.5 Å². The van der Waals surface area contributed by atoms with Crippen molar-refractivity contribution < 1.29 is 4.74 Å². The third-order valence-corrected chi connectivity index (χ3v) is 2.98. The molecule has 5 heteroatoms. The lowest BCUT2D eigenvalue weighted by Gasteiger charge is -2.13. The van der Waals surface area contributed by atoms with Crippen molar-refractivity contribution in [3.05, 3.63) is 48.5 Å². The average molecular weight is 306 g/mol. The van der Waals surface area contributed by atoms with Crippen molar-refractivity contribution >= 4 is 24.1 Å². The minimum atomic E-state index is 0. The average Bonchev–Trinajstić information content (AvgIpc) is 2.48. The summed E-state index contributed by atoms with van der Waals surface area (Å²) >= 11 is 0. The van der Waals surface area contributed by atoms with Gasteiger partial charge in [0.15, 0.2) is 5.96 Å². The van der Waals surface area contributed by atoms with Crippen molar-refractivity contribution in [1.29, 1.82) is 0 Å². The van der Waals surface area contributed by atoms with E-state index >= 15 is 0 Å². The summed E-state index contributed by atoms with van der Waals surface area (Å²) in [4.78, 5) is 6.25. The van der Waals surface area contributed by atoms with Crippen LogP contribution in [0.4, 0.5) is 5.69 Å². The van der Waals surface area contributed by atoms with E-state index in [2.05, 4.69) is 4.99 Å². The highest BCUT2D eigenvalue weighted by Gasteiger charge is 2.07. The van der Waals surface area contributed by atoms with Crippen LogP contribution in [0.25, 0.3) is 11.1 Å². The second-order valence-electron chi connectivity index (χ2n) is 4.61. The maximum Gasteiger partial charge on any atom is 0.195 e. The number of benzene rings is 2. The molecule has 0 aliphatic carbocycles.